The maximum atomic E-state index is 11.8. The summed E-state index contributed by atoms with van der Waals surface area (Å²) in [5.41, 5.74) is 10.5. The lowest BCUT2D eigenvalue weighted by Crippen LogP contribution is -2.38. The van der Waals surface area contributed by atoms with Gasteiger partial charge in [0, 0.05) is 4.91 Å². The molecule has 2 rings (SSSR count). The zero-order valence-electron chi connectivity index (χ0n) is 13.2. The monoisotopic (exact) mass is 303 g/mol. The Bertz CT molecular complexity index is 589. The highest BCUT2D eigenvalue weighted by Crippen LogP contribution is 2.25. The summed E-state index contributed by atoms with van der Waals surface area (Å²) >= 11 is 0. The number of carbonyl (C=O) groups is 1. The summed E-state index contributed by atoms with van der Waals surface area (Å²) in [5, 5.41) is 3.82. The predicted molar refractivity (Wildman–Crippen MR) is 82.4 cm³/mol. The summed E-state index contributed by atoms with van der Waals surface area (Å²) in [6.45, 7) is 5.29. The molecule has 0 amide bonds. The normalized spacial score (nSPS) is 20.7. The fourth-order valence-electron chi connectivity index (χ4n) is 2.56. The standard InChI is InChI=1S/C16H21N3O3/c1-16(2,3)22-15(20)10-21-14-9-12-7-5-4-6-11(12)8-13(14)18-19-17/h4-7,13-14H,8-10H2,1-3H3. The minimum atomic E-state index is -0.538. The summed E-state index contributed by atoms with van der Waals surface area (Å²) in [5.74, 6) is -0.411. The number of ether oxygens (including phenoxy) is 2. The third-order valence-electron chi connectivity index (χ3n) is 3.43. The molecule has 1 aliphatic rings. The molecule has 0 fully saturated rings. The van der Waals surface area contributed by atoms with Crippen molar-refractivity contribution in [3.8, 4) is 0 Å². The van der Waals surface area contributed by atoms with Crippen LogP contribution in [-0.2, 0) is 27.1 Å². The van der Waals surface area contributed by atoms with Crippen LogP contribution in [0.15, 0.2) is 29.4 Å². The zero-order valence-corrected chi connectivity index (χ0v) is 13.2. The largest absolute Gasteiger partial charge is 0.458 e. The highest BCUT2D eigenvalue weighted by atomic mass is 16.6. The fourth-order valence-corrected chi connectivity index (χ4v) is 2.56. The molecule has 118 valence electrons. The molecule has 2 atom stereocenters. The van der Waals surface area contributed by atoms with E-state index in [1.807, 2.05) is 45.0 Å². The Balaban J connectivity index is 2.02. The molecular weight excluding hydrogens is 282 g/mol. The van der Waals surface area contributed by atoms with Gasteiger partial charge in [-0.15, -0.1) is 0 Å². The van der Waals surface area contributed by atoms with E-state index >= 15 is 0 Å². The smallest absolute Gasteiger partial charge is 0.332 e. The van der Waals surface area contributed by atoms with Gasteiger partial charge in [-0.1, -0.05) is 29.4 Å². The summed E-state index contributed by atoms with van der Waals surface area (Å²) in [6.07, 6.45) is 0.945. The van der Waals surface area contributed by atoms with E-state index in [-0.39, 0.29) is 18.8 Å². The van der Waals surface area contributed by atoms with Gasteiger partial charge in [-0.25, -0.2) is 4.79 Å². The molecule has 6 nitrogen and oxygen atoms in total. The molecule has 0 saturated carbocycles. The first-order chi connectivity index (χ1) is 10.4. The summed E-state index contributed by atoms with van der Waals surface area (Å²) in [4.78, 5) is 14.7. The number of hydrogen-bond donors (Lipinski definition) is 0. The molecule has 0 aromatic heterocycles. The van der Waals surface area contributed by atoms with Crippen molar-refractivity contribution in [3.05, 3.63) is 45.8 Å². The first kappa shape index (κ1) is 16.3. The summed E-state index contributed by atoms with van der Waals surface area (Å²) in [7, 11) is 0. The van der Waals surface area contributed by atoms with Gasteiger partial charge in [-0.3, -0.25) is 0 Å². The van der Waals surface area contributed by atoms with Crippen LogP contribution in [-0.4, -0.2) is 30.3 Å². The molecule has 1 aromatic carbocycles. The quantitative estimate of drug-likeness (QED) is 0.370. The van der Waals surface area contributed by atoms with Crippen LogP contribution in [0.4, 0.5) is 0 Å². The number of hydrogen-bond acceptors (Lipinski definition) is 4. The second-order valence-corrected chi connectivity index (χ2v) is 6.39. The topological polar surface area (TPSA) is 84.3 Å². The molecule has 0 spiro atoms. The van der Waals surface area contributed by atoms with Gasteiger partial charge in [0.05, 0.1) is 12.1 Å². The molecule has 1 aromatic rings. The van der Waals surface area contributed by atoms with Gasteiger partial charge in [0.15, 0.2) is 0 Å². The number of benzene rings is 1. The SMILES string of the molecule is CC(C)(C)OC(=O)COC1Cc2ccccc2CC1N=[N+]=[N-]. The highest BCUT2D eigenvalue weighted by Gasteiger charge is 2.29. The van der Waals surface area contributed by atoms with Gasteiger partial charge in [-0.05, 0) is 50.3 Å². The molecule has 6 heteroatoms. The minimum absolute atomic E-state index is 0.137. The lowest BCUT2D eigenvalue weighted by Gasteiger charge is -2.30. The third kappa shape index (κ3) is 4.48. The Hall–Kier alpha value is -2.04. The van der Waals surface area contributed by atoms with Crippen molar-refractivity contribution < 1.29 is 14.3 Å². The average Bonchev–Trinajstić information content (AvgIpc) is 2.43. The molecule has 0 aliphatic heterocycles. The lowest BCUT2D eigenvalue weighted by molar-refractivity contribution is -0.162. The maximum Gasteiger partial charge on any atom is 0.332 e. The number of nitrogens with zero attached hydrogens (tertiary/aromatic N) is 3. The fraction of sp³-hybridized carbons (Fsp3) is 0.562. The van der Waals surface area contributed by atoms with Crippen molar-refractivity contribution in [2.24, 2.45) is 5.11 Å². The molecule has 22 heavy (non-hydrogen) atoms. The second-order valence-electron chi connectivity index (χ2n) is 6.39. The van der Waals surface area contributed by atoms with E-state index in [1.165, 1.54) is 5.56 Å². The van der Waals surface area contributed by atoms with Crippen LogP contribution in [0.1, 0.15) is 31.9 Å². The molecular formula is C16H21N3O3. The predicted octanol–water partition coefficient (Wildman–Crippen LogP) is 3.19. The Morgan fingerprint density at radius 1 is 1.32 bits per heavy atom. The molecule has 2 unspecified atom stereocenters. The summed E-state index contributed by atoms with van der Waals surface area (Å²) < 4.78 is 10.9. The Labute approximate surface area is 130 Å². The Morgan fingerprint density at radius 2 is 1.95 bits per heavy atom. The van der Waals surface area contributed by atoms with E-state index in [2.05, 4.69) is 10.0 Å². The second kappa shape index (κ2) is 6.81. The van der Waals surface area contributed by atoms with Gasteiger partial charge in [-0.2, -0.15) is 0 Å². The van der Waals surface area contributed by atoms with Crippen LogP contribution in [0.5, 0.6) is 0 Å². The average molecular weight is 303 g/mol. The van der Waals surface area contributed by atoms with Crippen molar-refractivity contribution in [1.29, 1.82) is 0 Å². The number of rotatable bonds is 4. The first-order valence-corrected chi connectivity index (χ1v) is 7.33. The van der Waals surface area contributed by atoms with Gasteiger partial charge < -0.3 is 9.47 Å². The molecule has 0 bridgehead atoms. The molecule has 1 aliphatic carbocycles. The van der Waals surface area contributed by atoms with Crippen LogP contribution < -0.4 is 0 Å². The van der Waals surface area contributed by atoms with Crippen LogP contribution >= 0.6 is 0 Å². The minimum Gasteiger partial charge on any atom is -0.458 e. The van der Waals surface area contributed by atoms with Crippen LogP contribution in [0.25, 0.3) is 10.4 Å². The zero-order chi connectivity index (χ0) is 16.2. The molecule has 0 heterocycles. The number of fused-ring (bicyclic) bond motifs is 1. The van der Waals surface area contributed by atoms with Gasteiger partial charge in [0.2, 0.25) is 0 Å². The number of azide groups is 1. The van der Waals surface area contributed by atoms with Gasteiger partial charge in [0.25, 0.3) is 0 Å². The van der Waals surface area contributed by atoms with Crippen LogP contribution in [0, 0.1) is 0 Å². The van der Waals surface area contributed by atoms with E-state index < -0.39 is 11.6 Å². The van der Waals surface area contributed by atoms with Gasteiger partial charge in [0.1, 0.15) is 12.2 Å². The van der Waals surface area contributed by atoms with Crippen molar-refractivity contribution in [2.45, 2.75) is 51.4 Å². The first-order valence-electron chi connectivity index (χ1n) is 7.33. The van der Waals surface area contributed by atoms with E-state index in [1.54, 1.807) is 0 Å². The Morgan fingerprint density at radius 3 is 2.55 bits per heavy atom. The molecule has 0 saturated heterocycles. The summed E-state index contributed by atoms with van der Waals surface area (Å²) in [6, 6.07) is 7.69. The van der Waals surface area contributed by atoms with Crippen molar-refractivity contribution in [3.63, 3.8) is 0 Å². The van der Waals surface area contributed by atoms with Crippen LogP contribution in [0.2, 0.25) is 0 Å². The van der Waals surface area contributed by atoms with Crippen molar-refractivity contribution in [2.75, 3.05) is 6.61 Å². The maximum absolute atomic E-state index is 11.8. The van der Waals surface area contributed by atoms with E-state index in [9.17, 15) is 4.79 Å². The third-order valence-corrected chi connectivity index (χ3v) is 3.43. The molecule has 0 N–H and O–H groups in total. The van der Waals surface area contributed by atoms with Crippen LogP contribution in [0.3, 0.4) is 0 Å². The number of esters is 1. The Kier molecular flexibility index (Phi) is 5.06. The molecule has 0 radical (unpaired) electrons. The van der Waals surface area contributed by atoms with Crippen molar-refractivity contribution in [1.82, 2.24) is 0 Å². The van der Waals surface area contributed by atoms with E-state index in [0.717, 1.165) is 5.56 Å². The van der Waals surface area contributed by atoms with Crippen molar-refractivity contribution >= 4 is 5.97 Å². The van der Waals surface area contributed by atoms with E-state index in [4.69, 9.17) is 15.0 Å². The lowest BCUT2D eigenvalue weighted by atomic mass is 9.86. The highest BCUT2D eigenvalue weighted by molar-refractivity contribution is 5.71. The van der Waals surface area contributed by atoms with E-state index in [0.29, 0.717) is 12.8 Å². The van der Waals surface area contributed by atoms with Gasteiger partial charge >= 0.3 is 5.97 Å². The number of carbonyl (C=O) groups excluding carboxylic acids is 1.